The molecule has 1 amide bonds. The first-order valence-electron chi connectivity index (χ1n) is 9.57. The topological polar surface area (TPSA) is 55.8 Å². The molecule has 2 N–H and O–H groups in total. The van der Waals surface area contributed by atoms with E-state index in [1.807, 2.05) is 4.90 Å². The number of benzene rings is 2. The van der Waals surface area contributed by atoms with Crippen molar-refractivity contribution in [2.75, 3.05) is 48.8 Å². The molecule has 3 rings (SSSR count). The zero-order chi connectivity index (χ0) is 21.7. The molecule has 2 aromatic rings. The summed E-state index contributed by atoms with van der Waals surface area (Å²) >= 11 is 5.56. The SMILES string of the molecule is O=C(c1ccc(NCC(O)CCl)cc1)N1CCN(c2ccc(C(F)(F)F)cc2)CC1. The number of alkyl halides is 4. The number of aliphatic hydroxyl groups is 1. The van der Waals surface area contributed by atoms with E-state index < -0.39 is 17.8 Å². The summed E-state index contributed by atoms with van der Waals surface area (Å²) in [7, 11) is 0. The van der Waals surface area contributed by atoms with Crippen LogP contribution >= 0.6 is 11.6 Å². The van der Waals surface area contributed by atoms with Gasteiger partial charge in [0.05, 0.1) is 17.5 Å². The van der Waals surface area contributed by atoms with Gasteiger partial charge in [-0.25, -0.2) is 0 Å². The fourth-order valence-corrected chi connectivity index (χ4v) is 3.34. The summed E-state index contributed by atoms with van der Waals surface area (Å²) in [4.78, 5) is 16.4. The Morgan fingerprint density at radius 3 is 2.17 bits per heavy atom. The van der Waals surface area contributed by atoms with Gasteiger partial charge in [-0.3, -0.25) is 4.79 Å². The number of aliphatic hydroxyl groups excluding tert-OH is 1. The second kappa shape index (κ2) is 9.57. The Morgan fingerprint density at radius 2 is 1.63 bits per heavy atom. The smallest absolute Gasteiger partial charge is 0.390 e. The highest BCUT2D eigenvalue weighted by Gasteiger charge is 2.30. The van der Waals surface area contributed by atoms with Crippen molar-refractivity contribution in [3.05, 3.63) is 59.7 Å². The summed E-state index contributed by atoms with van der Waals surface area (Å²) in [5.41, 5.74) is 1.38. The van der Waals surface area contributed by atoms with Crippen LogP contribution in [0.1, 0.15) is 15.9 Å². The first-order chi connectivity index (χ1) is 14.3. The largest absolute Gasteiger partial charge is 0.416 e. The second-order valence-corrected chi connectivity index (χ2v) is 7.40. The Bertz CT molecular complexity index is 836. The number of nitrogens with one attached hydrogen (secondary N) is 1. The average molecular weight is 442 g/mol. The van der Waals surface area contributed by atoms with E-state index in [9.17, 15) is 23.1 Å². The van der Waals surface area contributed by atoms with Crippen LogP contribution in [0, 0.1) is 0 Å². The molecule has 1 atom stereocenters. The molecule has 9 heteroatoms. The number of carbonyl (C=O) groups is 1. The average Bonchev–Trinajstić information content (AvgIpc) is 2.77. The highest BCUT2D eigenvalue weighted by molar-refractivity contribution is 6.18. The molecule has 0 bridgehead atoms. The van der Waals surface area contributed by atoms with Crippen molar-refractivity contribution >= 4 is 28.9 Å². The van der Waals surface area contributed by atoms with E-state index in [2.05, 4.69) is 5.32 Å². The Hall–Kier alpha value is -2.45. The number of rotatable bonds is 6. The number of hydrogen-bond acceptors (Lipinski definition) is 4. The molecule has 1 aliphatic rings. The van der Waals surface area contributed by atoms with Crippen LogP contribution in [-0.2, 0) is 6.18 Å². The van der Waals surface area contributed by atoms with Crippen LogP contribution < -0.4 is 10.2 Å². The molecular formula is C21H23ClF3N3O2. The second-order valence-electron chi connectivity index (χ2n) is 7.09. The summed E-state index contributed by atoms with van der Waals surface area (Å²) < 4.78 is 38.1. The summed E-state index contributed by atoms with van der Waals surface area (Å²) in [5.74, 6) is 0.0524. The molecule has 1 unspecified atom stereocenters. The third kappa shape index (κ3) is 5.58. The molecule has 2 aromatic carbocycles. The van der Waals surface area contributed by atoms with Crippen LogP contribution in [0.5, 0.6) is 0 Å². The lowest BCUT2D eigenvalue weighted by Crippen LogP contribution is -2.48. The first kappa shape index (κ1) is 22.2. The molecule has 30 heavy (non-hydrogen) atoms. The quantitative estimate of drug-likeness (QED) is 0.671. The van der Waals surface area contributed by atoms with Crippen LogP contribution in [0.2, 0.25) is 0 Å². The Balaban J connectivity index is 1.53. The Labute approximate surface area is 178 Å². The monoisotopic (exact) mass is 441 g/mol. The van der Waals surface area contributed by atoms with Crippen molar-refractivity contribution in [2.45, 2.75) is 12.3 Å². The molecule has 5 nitrogen and oxygen atoms in total. The van der Waals surface area contributed by atoms with E-state index in [4.69, 9.17) is 11.6 Å². The van der Waals surface area contributed by atoms with Crippen molar-refractivity contribution in [3.63, 3.8) is 0 Å². The number of halogens is 4. The van der Waals surface area contributed by atoms with E-state index in [1.165, 1.54) is 12.1 Å². The van der Waals surface area contributed by atoms with Gasteiger partial charge >= 0.3 is 6.18 Å². The molecule has 1 heterocycles. The Morgan fingerprint density at radius 1 is 1.03 bits per heavy atom. The predicted octanol–water partition coefficient (Wildman–Crippen LogP) is 3.68. The molecule has 1 saturated heterocycles. The molecule has 162 valence electrons. The number of hydrogen-bond donors (Lipinski definition) is 2. The molecule has 0 radical (unpaired) electrons. The predicted molar refractivity (Wildman–Crippen MR) is 111 cm³/mol. The van der Waals surface area contributed by atoms with Crippen LogP contribution in [-0.4, -0.2) is 60.6 Å². The van der Waals surface area contributed by atoms with Crippen molar-refractivity contribution in [3.8, 4) is 0 Å². The van der Waals surface area contributed by atoms with Gasteiger partial charge in [0.1, 0.15) is 0 Å². The van der Waals surface area contributed by atoms with E-state index in [1.54, 1.807) is 29.2 Å². The lowest BCUT2D eigenvalue weighted by molar-refractivity contribution is -0.137. The highest BCUT2D eigenvalue weighted by Crippen LogP contribution is 2.30. The standard InChI is InChI=1S/C21H23ClF3N3O2/c22-13-19(29)14-26-17-5-1-15(2-6-17)20(30)28-11-9-27(10-12-28)18-7-3-16(4-8-18)21(23,24)25/h1-8,19,26,29H,9-14H2. The van der Waals surface area contributed by atoms with Crippen LogP contribution in [0.4, 0.5) is 24.5 Å². The third-order valence-electron chi connectivity index (χ3n) is 4.98. The lowest BCUT2D eigenvalue weighted by Gasteiger charge is -2.36. The normalized spacial score (nSPS) is 15.8. The van der Waals surface area contributed by atoms with Gasteiger partial charge in [-0.2, -0.15) is 13.2 Å². The number of piperazine rings is 1. The van der Waals surface area contributed by atoms with Gasteiger partial charge in [-0.1, -0.05) is 0 Å². The van der Waals surface area contributed by atoms with Gasteiger partial charge in [0.15, 0.2) is 0 Å². The number of anilines is 2. The molecule has 1 aliphatic heterocycles. The van der Waals surface area contributed by atoms with E-state index in [0.29, 0.717) is 44.0 Å². The lowest BCUT2D eigenvalue weighted by atomic mass is 10.1. The Kier molecular flexibility index (Phi) is 7.10. The maximum Gasteiger partial charge on any atom is 0.416 e. The fourth-order valence-electron chi connectivity index (χ4n) is 3.23. The highest BCUT2D eigenvalue weighted by atomic mass is 35.5. The van der Waals surface area contributed by atoms with Crippen molar-refractivity contribution in [1.82, 2.24) is 4.90 Å². The number of nitrogens with zero attached hydrogens (tertiary/aromatic N) is 2. The molecule has 0 spiro atoms. The van der Waals surface area contributed by atoms with Gasteiger partial charge in [0.25, 0.3) is 5.91 Å². The van der Waals surface area contributed by atoms with Crippen molar-refractivity contribution in [1.29, 1.82) is 0 Å². The van der Waals surface area contributed by atoms with Gasteiger partial charge in [-0.05, 0) is 48.5 Å². The molecule has 0 aromatic heterocycles. The maximum absolute atomic E-state index is 12.7. The number of amides is 1. The van der Waals surface area contributed by atoms with Gasteiger partial charge in [0, 0.05) is 49.7 Å². The minimum Gasteiger partial charge on any atom is -0.390 e. The first-order valence-corrected chi connectivity index (χ1v) is 10.1. The minimum atomic E-state index is -4.35. The van der Waals surface area contributed by atoms with Crippen molar-refractivity contribution in [2.24, 2.45) is 0 Å². The van der Waals surface area contributed by atoms with Gasteiger partial charge in [-0.15, -0.1) is 11.6 Å². The van der Waals surface area contributed by atoms with Gasteiger partial charge in [0.2, 0.25) is 0 Å². The van der Waals surface area contributed by atoms with E-state index in [0.717, 1.165) is 17.8 Å². The summed E-state index contributed by atoms with van der Waals surface area (Å²) in [6, 6.07) is 12.1. The summed E-state index contributed by atoms with van der Waals surface area (Å²) in [5, 5.41) is 12.5. The van der Waals surface area contributed by atoms with Gasteiger partial charge < -0.3 is 20.2 Å². The molecule has 1 fully saturated rings. The van der Waals surface area contributed by atoms with Crippen LogP contribution in [0.3, 0.4) is 0 Å². The van der Waals surface area contributed by atoms with Crippen LogP contribution in [0.15, 0.2) is 48.5 Å². The third-order valence-corrected chi connectivity index (χ3v) is 5.33. The molecule has 0 saturated carbocycles. The zero-order valence-corrected chi connectivity index (χ0v) is 17.0. The van der Waals surface area contributed by atoms with Crippen LogP contribution in [0.25, 0.3) is 0 Å². The zero-order valence-electron chi connectivity index (χ0n) is 16.2. The van der Waals surface area contributed by atoms with E-state index in [-0.39, 0.29) is 11.8 Å². The maximum atomic E-state index is 12.7. The molecule has 0 aliphatic carbocycles. The number of carbonyl (C=O) groups excluding carboxylic acids is 1. The minimum absolute atomic E-state index is 0.0885. The fraction of sp³-hybridized carbons (Fsp3) is 0.381. The van der Waals surface area contributed by atoms with Crippen molar-refractivity contribution < 1.29 is 23.1 Å². The summed E-state index contributed by atoms with van der Waals surface area (Å²) in [6.07, 6.45) is -4.99. The summed E-state index contributed by atoms with van der Waals surface area (Å²) in [6.45, 7) is 2.40. The molecular weight excluding hydrogens is 419 g/mol. The van der Waals surface area contributed by atoms with E-state index >= 15 is 0 Å².